The van der Waals surface area contributed by atoms with Crippen molar-refractivity contribution in [3.8, 4) is 0 Å². The lowest BCUT2D eigenvalue weighted by molar-refractivity contribution is 0.241. The van der Waals surface area contributed by atoms with Crippen LogP contribution in [0.15, 0.2) is 6.07 Å². The SMILES string of the molecule is CC[Si](CCCCCc1cc(F)c(F)c(F)c1F)(OC)OC. The van der Waals surface area contributed by atoms with Crippen molar-refractivity contribution in [1.82, 2.24) is 0 Å². The number of benzene rings is 1. The first-order chi connectivity index (χ1) is 10.4. The molecule has 0 unspecified atom stereocenters. The Kier molecular flexibility index (Phi) is 7.51. The van der Waals surface area contributed by atoms with Crippen LogP contribution < -0.4 is 0 Å². The molecule has 2 nitrogen and oxygen atoms in total. The molecule has 0 spiro atoms. The van der Waals surface area contributed by atoms with Gasteiger partial charge in [-0.25, -0.2) is 17.6 Å². The van der Waals surface area contributed by atoms with Gasteiger partial charge >= 0.3 is 8.56 Å². The van der Waals surface area contributed by atoms with E-state index < -0.39 is 31.8 Å². The highest BCUT2D eigenvalue weighted by Gasteiger charge is 2.32. The molecule has 126 valence electrons. The van der Waals surface area contributed by atoms with E-state index >= 15 is 0 Å². The quantitative estimate of drug-likeness (QED) is 0.213. The van der Waals surface area contributed by atoms with Crippen LogP contribution >= 0.6 is 0 Å². The molecule has 0 aliphatic rings. The minimum Gasteiger partial charge on any atom is -0.398 e. The molecule has 0 radical (unpaired) electrons. The molecule has 0 N–H and O–H groups in total. The number of hydrogen-bond donors (Lipinski definition) is 0. The third-order valence-corrected chi connectivity index (χ3v) is 7.65. The maximum absolute atomic E-state index is 13.5. The van der Waals surface area contributed by atoms with E-state index in [0.29, 0.717) is 6.42 Å². The van der Waals surface area contributed by atoms with E-state index in [1.54, 1.807) is 14.2 Å². The Balaban J connectivity index is 2.49. The second-order valence-corrected chi connectivity index (χ2v) is 9.04. The molecule has 0 saturated carbocycles. The lowest BCUT2D eigenvalue weighted by atomic mass is 10.1. The largest absolute Gasteiger partial charge is 0.398 e. The summed E-state index contributed by atoms with van der Waals surface area (Å²) < 4.78 is 63.5. The third kappa shape index (κ3) is 4.53. The normalized spacial score (nSPS) is 12.0. The zero-order valence-corrected chi connectivity index (χ0v) is 14.1. The Labute approximate surface area is 129 Å². The smallest absolute Gasteiger partial charge is 0.337 e. The Morgan fingerprint density at radius 3 is 2.09 bits per heavy atom. The topological polar surface area (TPSA) is 18.5 Å². The average molecular weight is 338 g/mol. The van der Waals surface area contributed by atoms with Crippen molar-refractivity contribution in [2.45, 2.75) is 44.7 Å². The van der Waals surface area contributed by atoms with E-state index in [2.05, 4.69) is 0 Å². The average Bonchev–Trinajstić information content (AvgIpc) is 2.54. The fraction of sp³-hybridized carbons (Fsp3) is 0.600. The molecular weight excluding hydrogens is 316 g/mol. The highest BCUT2D eigenvalue weighted by Crippen LogP contribution is 2.23. The molecule has 1 rings (SSSR count). The van der Waals surface area contributed by atoms with Gasteiger partial charge in [0.1, 0.15) is 0 Å². The van der Waals surface area contributed by atoms with Crippen LogP contribution in [-0.2, 0) is 15.3 Å². The van der Waals surface area contributed by atoms with Crippen LogP contribution in [0.5, 0.6) is 0 Å². The summed E-state index contributed by atoms with van der Waals surface area (Å²) in [5.41, 5.74) is -0.131. The van der Waals surface area contributed by atoms with E-state index in [9.17, 15) is 17.6 Å². The third-order valence-electron chi connectivity index (χ3n) is 3.96. The van der Waals surface area contributed by atoms with E-state index in [0.717, 1.165) is 31.0 Å². The lowest BCUT2D eigenvalue weighted by Crippen LogP contribution is -2.38. The zero-order chi connectivity index (χ0) is 16.8. The Morgan fingerprint density at radius 1 is 0.909 bits per heavy atom. The van der Waals surface area contributed by atoms with Gasteiger partial charge in [0.15, 0.2) is 23.3 Å². The van der Waals surface area contributed by atoms with Crippen molar-refractivity contribution in [2.75, 3.05) is 14.2 Å². The summed E-state index contributed by atoms with van der Waals surface area (Å²) in [6.07, 6.45) is 2.31. The minimum atomic E-state index is -2.13. The molecule has 1 aromatic carbocycles. The van der Waals surface area contributed by atoms with Crippen molar-refractivity contribution in [3.63, 3.8) is 0 Å². The molecule has 0 saturated heterocycles. The second kappa shape index (κ2) is 8.64. The summed E-state index contributed by atoms with van der Waals surface area (Å²) in [6.45, 7) is 2.01. The second-order valence-electron chi connectivity index (χ2n) is 5.19. The van der Waals surface area contributed by atoms with Crippen molar-refractivity contribution in [2.24, 2.45) is 0 Å². The van der Waals surface area contributed by atoms with Gasteiger partial charge in [0.25, 0.3) is 0 Å². The van der Waals surface area contributed by atoms with Crippen LogP contribution in [0, 0.1) is 23.3 Å². The molecule has 0 aromatic heterocycles. The van der Waals surface area contributed by atoms with Crippen molar-refractivity contribution < 1.29 is 26.4 Å². The molecule has 1 aromatic rings. The highest BCUT2D eigenvalue weighted by molar-refractivity contribution is 6.67. The summed E-state index contributed by atoms with van der Waals surface area (Å²) in [5.74, 6) is -6.17. The molecule has 0 heterocycles. The van der Waals surface area contributed by atoms with Gasteiger partial charge in [-0.3, -0.25) is 0 Å². The molecule has 0 amide bonds. The van der Waals surface area contributed by atoms with Gasteiger partial charge in [-0.1, -0.05) is 19.8 Å². The van der Waals surface area contributed by atoms with Crippen LogP contribution in [0.3, 0.4) is 0 Å². The first-order valence-electron chi connectivity index (χ1n) is 7.33. The van der Waals surface area contributed by atoms with E-state index in [1.165, 1.54) is 0 Å². The van der Waals surface area contributed by atoms with Crippen LogP contribution in [0.2, 0.25) is 12.1 Å². The summed E-state index contributed by atoms with van der Waals surface area (Å²) in [4.78, 5) is 0. The van der Waals surface area contributed by atoms with Gasteiger partial charge in [-0.05, 0) is 36.6 Å². The molecule has 0 aliphatic heterocycles. The van der Waals surface area contributed by atoms with E-state index in [4.69, 9.17) is 8.85 Å². The van der Waals surface area contributed by atoms with Gasteiger partial charge < -0.3 is 8.85 Å². The predicted octanol–water partition coefficient (Wildman–Crippen LogP) is 4.71. The maximum atomic E-state index is 13.5. The Hall–Kier alpha value is -0.923. The molecular formula is C15H22F4O2Si. The molecule has 7 heteroatoms. The van der Waals surface area contributed by atoms with Crippen molar-refractivity contribution in [1.29, 1.82) is 0 Å². The molecule has 0 fully saturated rings. The molecule has 0 bridgehead atoms. The lowest BCUT2D eigenvalue weighted by Gasteiger charge is -2.25. The fourth-order valence-corrected chi connectivity index (χ4v) is 4.74. The summed E-state index contributed by atoms with van der Waals surface area (Å²) in [5, 5.41) is 0. The zero-order valence-electron chi connectivity index (χ0n) is 13.1. The van der Waals surface area contributed by atoms with Gasteiger partial charge in [-0.2, -0.15) is 0 Å². The van der Waals surface area contributed by atoms with E-state index in [1.807, 2.05) is 6.92 Å². The van der Waals surface area contributed by atoms with Crippen LogP contribution in [0.4, 0.5) is 17.6 Å². The summed E-state index contributed by atoms with van der Waals surface area (Å²) in [6, 6.07) is 2.37. The fourth-order valence-electron chi connectivity index (χ4n) is 2.44. The van der Waals surface area contributed by atoms with Crippen LogP contribution in [0.1, 0.15) is 31.7 Å². The Morgan fingerprint density at radius 2 is 1.55 bits per heavy atom. The standard InChI is InChI=1S/C15H22F4O2Si/c1-4-22(20-2,21-3)9-7-5-6-8-11-10-12(16)14(18)15(19)13(11)17/h10H,4-9H2,1-3H3. The molecule has 22 heavy (non-hydrogen) atoms. The first kappa shape index (κ1) is 19.1. The maximum Gasteiger partial charge on any atom is 0.337 e. The van der Waals surface area contributed by atoms with Crippen LogP contribution in [-0.4, -0.2) is 22.8 Å². The van der Waals surface area contributed by atoms with Gasteiger partial charge in [-0.15, -0.1) is 0 Å². The number of halogens is 4. The first-order valence-corrected chi connectivity index (χ1v) is 9.56. The minimum absolute atomic E-state index is 0.131. The van der Waals surface area contributed by atoms with Gasteiger partial charge in [0.2, 0.25) is 0 Å². The molecule has 0 atom stereocenters. The number of rotatable bonds is 9. The summed E-state index contributed by atoms with van der Waals surface area (Å²) in [7, 11) is 1.15. The number of unbranched alkanes of at least 4 members (excludes halogenated alkanes) is 2. The number of hydrogen-bond acceptors (Lipinski definition) is 2. The molecule has 0 aliphatic carbocycles. The van der Waals surface area contributed by atoms with E-state index in [-0.39, 0.29) is 12.0 Å². The van der Waals surface area contributed by atoms with Gasteiger partial charge in [0, 0.05) is 14.2 Å². The van der Waals surface area contributed by atoms with Crippen LogP contribution in [0.25, 0.3) is 0 Å². The monoisotopic (exact) mass is 338 g/mol. The number of aryl methyl sites for hydroxylation is 1. The van der Waals surface area contributed by atoms with Crippen molar-refractivity contribution >= 4 is 8.56 Å². The summed E-state index contributed by atoms with van der Waals surface area (Å²) >= 11 is 0. The Bertz CT molecular complexity index is 485. The van der Waals surface area contributed by atoms with Gasteiger partial charge in [0.05, 0.1) is 0 Å². The highest BCUT2D eigenvalue weighted by atomic mass is 28.4. The van der Waals surface area contributed by atoms with Crippen molar-refractivity contribution in [3.05, 3.63) is 34.9 Å². The predicted molar refractivity (Wildman–Crippen MR) is 78.9 cm³/mol.